The van der Waals surface area contributed by atoms with Crippen LogP contribution in [0.5, 0.6) is 0 Å². The summed E-state index contributed by atoms with van der Waals surface area (Å²) < 4.78 is 2.24. The zero-order valence-corrected chi connectivity index (χ0v) is 12.2. The van der Waals surface area contributed by atoms with E-state index >= 15 is 0 Å². The van der Waals surface area contributed by atoms with E-state index in [0.717, 1.165) is 0 Å². The van der Waals surface area contributed by atoms with Gasteiger partial charge in [-0.15, -0.1) is 0 Å². The van der Waals surface area contributed by atoms with Crippen LogP contribution < -0.4 is 10.3 Å². The van der Waals surface area contributed by atoms with E-state index in [2.05, 4.69) is 9.97 Å². The summed E-state index contributed by atoms with van der Waals surface area (Å²) in [6, 6.07) is 4.92. The first kappa shape index (κ1) is 13.1. The molecule has 0 saturated heterocycles. The van der Waals surface area contributed by atoms with Gasteiger partial charge >= 0.3 is 11.3 Å². The molecule has 0 spiro atoms. The van der Waals surface area contributed by atoms with Gasteiger partial charge in [0.1, 0.15) is 5.52 Å². The zero-order chi connectivity index (χ0) is 14.4. The van der Waals surface area contributed by atoms with E-state index in [1.165, 1.54) is 17.8 Å². The van der Waals surface area contributed by atoms with Crippen LogP contribution in [0, 0.1) is 5.21 Å². The van der Waals surface area contributed by atoms with Crippen molar-refractivity contribution in [2.24, 2.45) is 7.05 Å². The number of fused-ring (bicyclic) bond motifs is 2. The van der Waals surface area contributed by atoms with E-state index in [1.807, 2.05) is 0 Å². The van der Waals surface area contributed by atoms with Crippen LogP contribution in [0.1, 0.15) is 0 Å². The lowest BCUT2D eigenvalue weighted by molar-refractivity contribution is -0.566. The Morgan fingerprint density at radius 1 is 1.40 bits per heavy atom. The fourth-order valence-electron chi connectivity index (χ4n) is 2.08. The minimum absolute atomic E-state index is 0.0833. The van der Waals surface area contributed by atoms with Gasteiger partial charge in [0, 0.05) is 18.1 Å². The van der Waals surface area contributed by atoms with Gasteiger partial charge in [0.25, 0.3) is 0 Å². The number of rotatable bonds is 1. The highest BCUT2D eigenvalue weighted by molar-refractivity contribution is 7.98. The highest BCUT2D eigenvalue weighted by atomic mass is 35.5. The summed E-state index contributed by atoms with van der Waals surface area (Å²) in [6.07, 6.45) is 1.77. The smallest absolute Gasteiger partial charge is 0.349 e. The Balaban J connectivity index is 2.58. The standard InChI is InChI=1S/C12H9ClN4O2S/c1-16-7-4-3-6(13)5-8(7)17(19)9-10(16)14-12(20-2)15-11(9)18/h3-5H,1-2H3. The number of hydrogen-bond donors (Lipinski definition) is 0. The summed E-state index contributed by atoms with van der Waals surface area (Å²) in [4.78, 5) is 20.1. The molecule has 8 heteroatoms. The lowest BCUT2D eigenvalue weighted by Gasteiger charge is -2.14. The topological polar surface area (TPSA) is 74.7 Å². The maximum absolute atomic E-state index is 12.4. The molecule has 2 heterocycles. The Morgan fingerprint density at radius 3 is 2.85 bits per heavy atom. The molecule has 0 unspecified atom stereocenters. The van der Waals surface area contributed by atoms with Crippen LogP contribution in [0.2, 0.25) is 5.02 Å². The molecule has 0 radical (unpaired) electrons. The Morgan fingerprint density at radius 2 is 2.15 bits per heavy atom. The molecule has 0 N–H and O–H groups in total. The number of hydrogen-bond acceptors (Lipinski definition) is 5. The minimum atomic E-state index is -0.591. The SMILES string of the molecule is CSc1nc2n(C)c3ccc(Cl)cc3[n+]([O-])c-2c(=O)n1. The van der Waals surface area contributed by atoms with E-state index in [0.29, 0.717) is 31.8 Å². The molecule has 0 atom stereocenters. The summed E-state index contributed by atoms with van der Waals surface area (Å²) in [5.41, 5.74) is 0.277. The fraction of sp³-hybridized carbons (Fsp3) is 0.167. The molecule has 0 bridgehead atoms. The van der Waals surface area contributed by atoms with Crippen LogP contribution in [-0.4, -0.2) is 20.8 Å². The highest BCUT2D eigenvalue weighted by Gasteiger charge is 2.26. The van der Waals surface area contributed by atoms with Crippen LogP contribution in [0.3, 0.4) is 0 Å². The molecule has 0 fully saturated rings. The lowest BCUT2D eigenvalue weighted by atomic mass is 10.2. The predicted molar refractivity (Wildman–Crippen MR) is 77.2 cm³/mol. The molecule has 2 aliphatic rings. The monoisotopic (exact) mass is 308 g/mol. The van der Waals surface area contributed by atoms with Crippen molar-refractivity contribution < 1.29 is 4.73 Å². The van der Waals surface area contributed by atoms with E-state index in [9.17, 15) is 10.0 Å². The molecule has 3 rings (SSSR count). The second-order valence-electron chi connectivity index (χ2n) is 4.17. The second kappa shape index (κ2) is 4.60. The summed E-state index contributed by atoms with van der Waals surface area (Å²) >= 11 is 7.16. The summed E-state index contributed by atoms with van der Waals surface area (Å²) in [5, 5.41) is 13.1. The average Bonchev–Trinajstić information content (AvgIpc) is 2.43. The first-order chi connectivity index (χ1) is 9.52. The van der Waals surface area contributed by atoms with E-state index in [-0.39, 0.29) is 5.69 Å². The molecule has 2 aliphatic heterocycles. The first-order valence-electron chi connectivity index (χ1n) is 5.66. The second-order valence-corrected chi connectivity index (χ2v) is 5.38. The third-order valence-electron chi connectivity index (χ3n) is 3.03. The van der Waals surface area contributed by atoms with Crippen molar-refractivity contribution in [3.8, 4) is 11.5 Å². The van der Waals surface area contributed by atoms with Gasteiger partial charge in [-0.1, -0.05) is 23.4 Å². The average molecular weight is 309 g/mol. The van der Waals surface area contributed by atoms with Crippen molar-refractivity contribution in [3.63, 3.8) is 0 Å². The number of benzene rings is 1. The molecule has 0 amide bonds. The maximum atomic E-state index is 12.4. The van der Waals surface area contributed by atoms with Crippen molar-refractivity contribution in [3.05, 3.63) is 38.8 Å². The van der Waals surface area contributed by atoms with Crippen molar-refractivity contribution in [2.45, 2.75) is 5.16 Å². The molecular weight excluding hydrogens is 300 g/mol. The largest absolute Gasteiger partial charge is 0.618 e. The Labute approximate surface area is 123 Å². The maximum Gasteiger partial charge on any atom is 0.349 e. The Bertz CT molecular complexity index is 864. The molecule has 0 aliphatic carbocycles. The van der Waals surface area contributed by atoms with Gasteiger partial charge in [-0.25, -0.2) is 0 Å². The zero-order valence-electron chi connectivity index (χ0n) is 10.6. The van der Waals surface area contributed by atoms with Gasteiger partial charge < -0.3 is 9.77 Å². The third-order valence-corrected chi connectivity index (χ3v) is 3.82. The summed E-state index contributed by atoms with van der Waals surface area (Å²) in [6.45, 7) is 0. The van der Waals surface area contributed by atoms with Gasteiger partial charge in [-0.05, 0) is 18.4 Å². The van der Waals surface area contributed by atoms with Crippen LogP contribution >= 0.6 is 23.4 Å². The van der Waals surface area contributed by atoms with Crippen molar-refractivity contribution >= 4 is 34.4 Å². The van der Waals surface area contributed by atoms with E-state index in [1.54, 1.807) is 30.0 Å². The Hall–Kier alpha value is -1.86. The minimum Gasteiger partial charge on any atom is -0.618 e. The molecule has 20 heavy (non-hydrogen) atoms. The molecule has 102 valence electrons. The number of aryl methyl sites for hydroxylation is 1. The van der Waals surface area contributed by atoms with Gasteiger partial charge in [-0.2, -0.15) is 14.7 Å². The van der Waals surface area contributed by atoms with Crippen molar-refractivity contribution in [1.82, 2.24) is 14.5 Å². The van der Waals surface area contributed by atoms with Gasteiger partial charge in [0.2, 0.25) is 11.3 Å². The van der Waals surface area contributed by atoms with Crippen molar-refractivity contribution in [1.29, 1.82) is 0 Å². The number of aromatic nitrogens is 4. The molecule has 1 aromatic rings. The van der Waals surface area contributed by atoms with E-state index < -0.39 is 5.56 Å². The van der Waals surface area contributed by atoms with Crippen LogP contribution in [-0.2, 0) is 7.05 Å². The lowest BCUT2D eigenvalue weighted by Crippen LogP contribution is -2.39. The quantitative estimate of drug-likeness (QED) is 0.224. The normalized spacial score (nSPS) is 11.3. The van der Waals surface area contributed by atoms with Gasteiger partial charge in [0.15, 0.2) is 5.16 Å². The highest BCUT2D eigenvalue weighted by Crippen LogP contribution is 2.22. The number of halogens is 1. The van der Waals surface area contributed by atoms with Gasteiger partial charge in [0.05, 0.1) is 0 Å². The number of nitrogens with zero attached hydrogens (tertiary/aromatic N) is 4. The van der Waals surface area contributed by atoms with E-state index in [4.69, 9.17) is 11.6 Å². The van der Waals surface area contributed by atoms with Crippen molar-refractivity contribution in [2.75, 3.05) is 6.26 Å². The molecule has 0 saturated carbocycles. The molecular formula is C12H9ClN4O2S. The fourth-order valence-corrected chi connectivity index (χ4v) is 2.60. The third kappa shape index (κ3) is 1.82. The Kier molecular flexibility index (Phi) is 3.02. The van der Waals surface area contributed by atoms with Gasteiger partial charge in [-0.3, -0.25) is 4.79 Å². The number of thioether (sulfide) groups is 1. The molecule has 1 aromatic carbocycles. The summed E-state index contributed by atoms with van der Waals surface area (Å²) in [7, 11) is 1.75. The van der Waals surface area contributed by atoms with Crippen LogP contribution in [0.25, 0.3) is 22.6 Å². The summed E-state index contributed by atoms with van der Waals surface area (Å²) in [5.74, 6) is 0.305. The van der Waals surface area contributed by atoms with Crippen LogP contribution in [0.15, 0.2) is 28.2 Å². The first-order valence-corrected chi connectivity index (χ1v) is 7.26. The molecule has 6 nitrogen and oxygen atoms in total. The van der Waals surface area contributed by atoms with Crippen LogP contribution in [0.4, 0.5) is 0 Å². The molecule has 0 aromatic heterocycles. The predicted octanol–water partition coefficient (Wildman–Crippen LogP) is 1.44.